The number of carbonyl (C=O) groups excluding carboxylic acids is 1. The van der Waals surface area contributed by atoms with Crippen LogP contribution in [-0.4, -0.2) is 22.9 Å². The average molecular weight is 427 g/mol. The second-order valence-electron chi connectivity index (χ2n) is 6.38. The highest BCUT2D eigenvalue weighted by Gasteiger charge is 2.19. The minimum Gasteiger partial charge on any atom is -0.493 e. The highest BCUT2D eigenvalue weighted by atomic mass is 32.1. The Morgan fingerprint density at radius 2 is 1.93 bits per heavy atom. The SMILES string of the molecule is CCc1ccc(N(C(C)=O)c2nc(COc3cc([N+](=O)[O-])ccc3OC)cs2)cc1. The Hall–Kier alpha value is -3.46. The number of carbonyl (C=O) groups is 1. The zero-order chi connectivity index (χ0) is 21.7. The molecule has 1 heterocycles. The van der Waals surface area contributed by atoms with Crippen molar-refractivity contribution >= 4 is 33.8 Å². The van der Waals surface area contributed by atoms with Gasteiger partial charge < -0.3 is 9.47 Å². The lowest BCUT2D eigenvalue weighted by molar-refractivity contribution is -0.385. The maximum atomic E-state index is 12.3. The van der Waals surface area contributed by atoms with Gasteiger partial charge in [0.2, 0.25) is 5.91 Å². The summed E-state index contributed by atoms with van der Waals surface area (Å²) in [6, 6.07) is 11.9. The van der Waals surface area contributed by atoms with Gasteiger partial charge in [-0.3, -0.25) is 19.8 Å². The van der Waals surface area contributed by atoms with Gasteiger partial charge in [-0.05, 0) is 30.2 Å². The number of thiazole rings is 1. The number of benzene rings is 2. The first-order valence-corrected chi connectivity index (χ1v) is 10.1. The number of hydrogen-bond donors (Lipinski definition) is 0. The molecular weight excluding hydrogens is 406 g/mol. The molecule has 0 spiro atoms. The molecule has 8 nitrogen and oxygen atoms in total. The number of aromatic nitrogens is 1. The lowest BCUT2D eigenvalue weighted by Crippen LogP contribution is -2.22. The number of nitro benzene ring substituents is 1. The van der Waals surface area contributed by atoms with Crippen LogP contribution in [-0.2, 0) is 17.8 Å². The minimum absolute atomic E-state index is 0.0779. The fourth-order valence-electron chi connectivity index (χ4n) is 2.82. The number of aryl methyl sites for hydroxylation is 1. The summed E-state index contributed by atoms with van der Waals surface area (Å²) in [5, 5.41) is 13.3. The average Bonchev–Trinajstić information content (AvgIpc) is 3.20. The van der Waals surface area contributed by atoms with Crippen molar-refractivity contribution in [1.29, 1.82) is 0 Å². The van der Waals surface area contributed by atoms with Crippen molar-refractivity contribution in [2.75, 3.05) is 12.0 Å². The summed E-state index contributed by atoms with van der Waals surface area (Å²) in [6.07, 6.45) is 0.917. The van der Waals surface area contributed by atoms with Crippen molar-refractivity contribution in [1.82, 2.24) is 4.98 Å². The molecule has 0 radical (unpaired) electrons. The standard InChI is InChI=1S/C21H21N3O5S/c1-4-15-5-7-17(8-6-15)23(14(2)25)21-22-16(13-30-21)12-29-20-11-18(24(26)27)9-10-19(20)28-3/h5-11,13H,4,12H2,1-3H3. The lowest BCUT2D eigenvalue weighted by atomic mass is 10.1. The first-order chi connectivity index (χ1) is 14.4. The van der Waals surface area contributed by atoms with Crippen molar-refractivity contribution < 1.29 is 19.2 Å². The van der Waals surface area contributed by atoms with Gasteiger partial charge in [-0.1, -0.05) is 19.1 Å². The van der Waals surface area contributed by atoms with E-state index >= 15 is 0 Å². The Morgan fingerprint density at radius 3 is 2.53 bits per heavy atom. The summed E-state index contributed by atoms with van der Waals surface area (Å²) in [5.41, 5.74) is 2.42. The molecule has 3 aromatic rings. The number of anilines is 2. The molecule has 9 heteroatoms. The Morgan fingerprint density at radius 1 is 1.20 bits per heavy atom. The third-order valence-electron chi connectivity index (χ3n) is 4.38. The van der Waals surface area contributed by atoms with Gasteiger partial charge in [0.25, 0.3) is 5.69 Å². The molecule has 3 rings (SSSR count). The summed E-state index contributed by atoms with van der Waals surface area (Å²) < 4.78 is 10.9. The molecule has 0 atom stereocenters. The van der Waals surface area contributed by atoms with Crippen LogP contribution in [0.4, 0.5) is 16.5 Å². The Kier molecular flexibility index (Phi) is 6.63. The quantitative estimate of drug-likeness (QED) is 0.375. The van der Waals surface area contributed by atoms with Gasteiger partial charge in [-0.2, -0.15) is 0 Å². The number of hydrogen-bond acceptors (Lipinski definition) is 7. The van der Waals surface area contributed by atoms with Crippen molar-refractivity contribution in [2.45, 2.75) is 26.9 Å². The van der Waals surface area contributed by atoms with E-state index in [0.29, 0.717) is 16.6 Å². The number of methoxy groups -OCH3 is 1. The van der Waals surface area contributed by atoms with Gasteiger partial charge in [-0.25, -0.2) is 4.98 Å². The van der Waals surface area contributed by atoms with Crippen molar-refractivity contribution in [3.63, 3.8) is 0 Å². The second kappa shape index (κ2) is 9.36. The summed E-state index contributed by atoms with van der Waals surface area (Å²) in [5.74, 6) is 0.485. The molecule has 0 saturated heterocycles. The molecule has 0 N–H and O–H groups in total. The number of amides is 1. The number of nitro groups is 1. The normalized spacial score (nSPS) is 10.5. The van der Waals surface area contributed by atoms with Crippen LogP contribution in [0.15, 0.2) is 47.8 Å². The van der Waals surface area contributed by atoms with Crippen LogP contribution in [0.5, 0.6) is 11.5 Å². The number of nitrogens with zero attached hydrogens (tertiary/aromatic N) is 3. The third kappa shape index (κ3) is 4.74. The Labute approximate surface area is 177 Å². The van der Waals surface area contributed by atoms with E-state index in [1.807, 2.05) is 24.3 Å². The van der Waals surface area contributed by atoms with Gasteiger partial charge in [0.1, 0.15) is 6.61 Å². The number of rotatable bonds is 8. The van der Waals surface area contributed by atoms with Crippen LogP contribution in [0.2, 0.25) is 0 Å². The van der Waals surface area contributed by atoms with Gasteiger partial charge in [0, 0.05) is 18.4 Å². The molecule has 0 aliphatic carbocycles. The van der Waals surface area contributed by atoms with Crippen LogP contribution < -0.4 is 14.4 Å². The van der Waals surface area contributed by atoms with Crippen LogP contribution in [0.3, 0.4) is 0 Å². The molecular formula is C21H21N3O5S. The van der Waals surface area contributed by atoms with Crippen molar-refractivity contribution in [3.8, 4) is 11.5 Å². The van der Waals surface area contributed by atoms with E-state index in [0.717, 1.165) is 12.1 Å². The monoisotopic (exact) mass is 427 g/mol. The minimum atomic E-state index is -0.498. The second-order valence-corrected chi connectivity index (χ2v) is 7.21. The first kappa shape index (κ1) is 21.3. The summed E-state index contributed by atoms with van der Waals surface area (Å²) in [6.45, 7) is 3.63. The maximum absolute atomic E-state index is 12.3. The van der Waals surface area contributed by atoms with E-state index in [1.54, 1.807) is 10.3 Å². The highest BCUT2D eigenvalue weighted by Crippen LogP contribution is 2.33. The van der Waals surface area contributed by atoms with Gasteiger partial charge in [-0.15, -0.1) is 11.3 Å². The van der Waals surface area contributed by atoms with E-state index in [1.165, 1.54) is 49.1 Å². The van der Waals surface area contributed by atoms with Crippen LogP contribution in [0.1, 0.15) is 25.1 Å². The van der Waals surface area contributed by atoms with Crippen LogP contribution >= 0.6 is 11.3 Å². The van der Waals surface area contributed by atoms with Crippen LogP contribution in [0.25, 0.3) is 0 Å². The van der Waals surface area contributed by atoms with E-state index in [9.17, 15) is 14.9 Å². The zero-order valence-electron chi connectivity index (χ0n) is 16.8. The summed E-state index contributed by atoms with van der Waals surface area (Å²) >= 11 is 1.32. The molecule has 1 amide bonds. The largest absolute Gasteiger partial charge is 0.493 e. The zero-order valence-corrected chi connectivity index (χ0v) is 17.6. The Bertz CT molecular complexity index is 1050. The molecule has 0 aliphatic rings. The topological polar surface area (TPSA) is 94.8 Å². The first-order valence-electron chi connectivity index (χ1n) is 9.22. The molecule has 30 heavy (non-hydrogen) atoms. The fourth-order valence-corrected chi connectivity index (χ4v) is 3.69. The van der Waals surface area contributed by atoms with Crippen molar-refractivity contribution in [3.05, 3.63) is 69.2 Å². The van der Waals surface area contributed by atoms with Crippen LogP contribution in [0, 0.1) is 10.1 Å². The number of ether oxygens (including phenoxy) is 2. The molecule has 0 unspecified atom stereocenters. The maximum Gasteiger partial charge on any atom is 0.273 e. The molecule has 0 bridgehead atoms. The highest BCUT2D eigenvalue weighted by molar-refractivity contribution is 7.14. The smallest absolute Gasteiger partial charge is 0.273 e. The summed E-state index contributed by atoms with van der Waals surface area (Å²) in [7, 11) is 1.46. The van der Waals surface area contributed by atoms with E-state index in [-0.39, 0.29) is 24.0 Å². The molecule has 156 valence electrons. The molecule has 2 aromatic carbocycles. The predicted molar refractivity (Wildman–Crippen MR) is 115 cm³/mol. The Balaban J connectivity index is 1.79. The third-order valence-corrected chi connectivity index (χ3v) is 5.26. The predicted octanol–water partition coefficient (Wildman–Crippen LogP) is 4.89. The fraction of sp³-hybridized carbons (Fsp3) is 0.238. The lowest BCUT2D eigenvalue weighted by Gasteiger charge is -2.18. The molecule has 0 saturated carbocycles. The van der Waals surface area contributed by atoms with E-state index in [2.05, 4.69) is 11.9 Å². The van der Waals surface area contributed by atoms with Gasteiger partial charge in [0.05, 0.1) is 29.5 Å². The van der Waals surface area contributed by atoms with E-state index < -0.39 is 4.92 Å². The molecule has 0 aliphatic heterocycles. The molecule has 1 aromatic heterocycles. The van der Waals surface area contributed by atoms with E-state index in [4.69, 9.17) is 9.47 Å². The number of non-ortho nitro benzene ring substituents is 1. The van der Waals surface area contributed by atoms with Crippen molar-refractivity contribution in [2.24, 2.45) is 0 Å². The van der Waals surface area contributed by atoms with Gasteiger partial charge >= 0.3 is 0 Å². The molecule has 0 fully saturated rings. The van der Waals surface area contributed by atoms with Gasteiger partial charge in [0.15, 0.2) is 16.6 Å². The summed E-state index contributed by atoms with van der Waals surface area (Å²) in [4.78, 5) is 28.8.